The van der Waals surface area contributed by atoms with E-state index >= 15 is 0 Å². The average molecular weight is 337 g/mol. The van der Waals surface area contributed by atoms with Crippen molar-refractivity contribution < 1.29 is 17.9 Å². The number of ketones is 1. The highest BCUT2D eigenvalue weighted by atomic mass is 35.7. The van der Waals surface area contributed by atoms with Gasteiger partial charge in [-0.3, -0.25) is 4.79 Å². The number of halogens is 1. The van der Waals surface area contributed by atoms with Gasteiger partial charge < -0.3 is 4.74 Å². The molecule has 0 aliphatic carbocycles. The Kier molecular flexibility index (Phi) is 5.00. The molecule has 0 N–H and O–H groups in total. The Morgan fingerprint density at radius 1 is 1.14 bits per heavy atom. The van der Waals surface area contributed by atoms with Crippen LogP contribution in [-0.2, 0) is 9.05 Å². The number of carbonyl (C=O) groups excluding carboxylic acids is 1. The van der Waals surface area contributed by atoms with Crippen LogP contribution >= 0.6 is 10.7 Å². The predicted octanol–water partition coefficient (Wildman–Crippen LogP) is 3.52. The molecule has 0 fully saturated rings. The highest BCUT2D eigenvalue weighted by Gasteiger charge is 2.16. The molecule has 0 amide bonds. The summed E-state index contributed by atoms with van der Waals surface area (Å²) in [6, 6.07) is 13.3. The van der Waals surface area contributed by atoms with Crippen LogP contribution in [0.5, 0.6) is 5.75 Å². The van der Waals surface area contributed by atoms with E-state index in [9.17, 15) is 13.2 Å². The molecular weight excluding hydrogens is 324 g/mol. The minimum atomic E-state index is -3.93. The molecule has 2 rings (SSSR count). The highest BCUT2D eigenvalue weighted by Crippen LogP contribution is 2.28. The minimum Gasteiger partial charge on any atom is -0.495 e. The molecule has 0 aliphatic rings. The molecule has 0 aromatic heterocycles. The fourth-order valence-corrected chi connectivity index (χ4v) is 2.89. The molecule has 6 heteroatoms. The van der Waals surface area contributed by atoms with Gasteiger partial charge in [0.25, 0.3) is 9.05 Å². The van der Waals surface area contributed by atoms with Gasteiger partial charge in [-0.2, -0.15) is 0 Å². The van der Waals surface area contributed by atoms with E-state index in [-0.39, 0.29) is 16.4 Å². The van der Waals surface area contributed by atoms with Crippen molar-refractivity contribution in [1.29, 1.82) is 0 Å². The minimum absolute atomic E-state index is 0.133. The first-order chi connectivity index (χ1) is 10.4. The number of hydrogen-bond acceptors (Lipinski definition) is 4. The van der Waals surface area contributed by atoms with Crippen LogP contribution in [0.2, 0.25) is 0 Å². The first-order valence-corrected chi connectivity index (χ1v) is 8.63. The Morgan fingerprint density at radius 3 is 2.41 bits per heavy atom. The quantitative estimate of drug-likeness (QED) is 0.476. The third-order valence-electron chi connectivity index (χ3n) is 2.94. The van der Waals surface area contributed by atoms with Crippen molar-refractivity contribution in [3.63, 3.8) is 0 Å². The van der Waals surface area contributed by atoms with E-state index < -0.39 is 9.05 Å². The third kappa shape index (κ3) is 3.96. The van der Waals surface area contributed by atoms with E-state index in [0.29, 0.717) is 11.1 Å². The number of rotatable bonds is 5. The maximum atomic E-state index is 12.0. The van der Waals surface area contributed by atoms with Gasteiger partial charge in [-0.25, -0.2) is 8.42 Å². The summed E-state index contributed by atoms with van der Waals surface area (Å²) >= 11 is 0. The van der Waals surface area contributed by atoms with Crippen molar-refractivity contribution in [3.05, 3.63) is 65.7 Å². The molecule has 0 saturated carbocycles. The Morgan fingerprint density at radius 2 is 1.82 bits per heavy atom. The van der Waals surface area contributed by atoms with Gasteiger partial charge in [0, 0.05) is 16.2 Å². The zero-order valence-corrected chi connectivity index (χ0v) is 13.3. The fraction of sp³-hybridized carbons (Fsp3) is 0.0625. The van der Waals surface area contributed by atoms with Crippen LogP contribution in [0.25, 0.3) is 6.08 Å². The van der Waals surface area contributed by atoms with Gasteiger partial charge in [0.2, 0.25) is 0 Å². The number of benzene rings is 2. The lowest BCUT2D eigenvalue weighted by Gasteiger charge is -2.06. The van der Waals surface area contributed by atoms with Crippen LogP contribution in [0.1, 0.15) is 15.9 Å². The molecule has 22 heavy (non-hydrogen) atoms. The van der Waals surface area contributed by atoms with Crippen LogP contribution < -0.4 is 4.74 Å². The summed E-state index contributed by atoms with van der Waals surface area (Å²) in [5.74, 6) is -0.0202. The summed E-state index contributed by atoms with van der Waals surface area (Å²) in [5.41, 5.74) is 1.08. The summed E-state index contributed by atoms with van der Waals surface area (Å²) in [6.45, 7) is 0. The third-order valence-corrected chi connectivity index (χ3v) is 4.28. The van der Waals surface area contributed by atoms with E-state index in [0.717, 1.165) is 0 Å². The number of carbonyl (C=O) groups is 1. The van der Waals surface area contributed by atoms with Crippen molar-refractivity contribution in [2.24, 2.45) is 0 Å². The Hall–Kier alpha value is -2.11. The summed E-state index contributed by atoms with van der Waals surface area (Å²) in [6.07, 6.45) is 2.90. The second-order valence-corrected chi connectivity index (χ2v) is 6.95. The Labute approximate surface area is 133 Å². The molecule has 2 aromatic carbocycles. The lowest BCUT2D eigenvalue weighted by molar-refractivity contribution is 0.104. The molecule has 0 aliphatic heterocycles. The monoisotopic (exact) mass is 336 g/mol. The molecule has 0 radical (unpaired) electrons. The molecule has 0 unspecified atom stereocenters. The van der Waals surface area contributed by atoms with E-state index in [4.69, 9.17) is 15.4 Å². The summed E-state index contributed by atoms with van der Waals surface area (Å²) in [5, 5.41) is 0. The Bertz CT molecular complexity index is 811. The molecule has 0 spiro atoms. The van der Waals surface area contributed by atoms with Gasteiger partial charge in [0.15, 0.2) is 5.78 Å². The van der Waals surface area contributed by atoms with Gasteiger partial charge in [-0.1, -0.05) is 42.5 Å². The normalized spacial score (nSPS) is 11.5. The number of allylic oxidation sites excluding steroid dienone is 1. The number of hydrogen-bond donors (Lipinski definition) is 0. The molecule has 0 bridgehead atoms. The number of methoxy groups -OCH3 is 1. The van der Waals surface area contributed by atoms with Gasteiger partial charge in [0.05, 0.1) is 7.11 Å². The molecular formula is C16H13ClO4S. The van der Waals surface area contributed by atoms with Crippen molar-refractivity contribution in [2.75, 3.05) is 7.11 Å². The topological polar surface area (TPSA) is 60.4 Å². The van der Waals surface area contributed by atoms with E-state index in [1.165, 1.54) is 31.4 Å². The van der Waals surface area contributed by atoms with Crippen molar-refractivity contribution >= 4 is 31.6 Å². The van der Waals surface area contributed by atoms with Gasteiger partial charge in [-0.05, 0) is 23.8 Å². The smallest absolute Gasteiger partial charge is 0.265 e. The van der Waals surface area contributed by atoms with Crippen LogP contribution in [0.15, 0.2) is 59.5 Å². The van der Waals surface area contributed by atoms with Crippen LogP contribution in [0.4, 0.5) is 0 Å². The number of ether oxygens (including phenoxy) is 1. The first kappa shape index (κ1) is 16.3. The summed E-state index contributed by atoms with van der Waals surface area (Å²) in [4.78, 5) is 11.8. The van der Waals surface area contributed by atoms with Crippen LogP contribution in [0, 0.1) is 0 Å². The maximum Gasteiger partial charge on any atom is 0.265 e. The van der Waals surface area contributed by atoms with Crippen molar-refractivity contribution in [1.82, 2.24) is 0 Å². The molecule has 0 atom stereocenters. The van der Waals surface area contributed by atoms with Crippen LogP contribution in [-0.4, -0.2) is 21.3 Å². The molecule has 114 valence electrons. The van der Waals surface area contributed by atoms with Gasteiger partial charge >= 0.3 is 0 Å². The summed E-state index contributed by atoms with van der Waals surface area (Å²) < 4.78 is 28.0. The average Bonchev–Trinajstić information content (AvgIpc) is 2.52. The fourth-order valence-electron chi connectivity index (χ4n) is 1.86. The van der Waals surface area contributed by atoms with Crippen molar-refractivity contribution in [3.8, 4) is 5.75 Å². The lowest BCUT2D eigenvalue weighted by Crippen LogP contribution is -1.97. The zero-order chi connectivity index (χ0) is 16.2. The SMILES string of the molecule is COc1ccc(/C=C/C(=O)c2ccccc2)cc1S(=O)(=O)Cl. The molecule has 4 nitrogen and oxygen atoms in total. The first-order valence-electron chi connectivity index (χ1n) is 6.32. The lowest BCUT2D eigenvalue weighted by atomic mass is 10.1. The van der Waals surface area contributed by atoms with E-state index in [2.05, 4.69) is 0 Å². The highest BCUT2D eigenvalue weighted by molar-refractivity contribution is 8.13. The molecule has 0 saturated heterocycles. The second-order valence-electron chi connectivity index (χ2n) is 4.41. The van der Waals surface area contributed by atoms with Crippen LogP contribution in [0.3, 0.4) is 0 Å². The van der Waals surface area contributed by atoms with Gasteiger partial charge in [0.1, 0.15) is 10.6 Å². The largest absolute Gasteiger partial charge is 0.495 e. The van der Waals surface area contributed by atoms with E-state index in [1.54, 1.807) is 30.3 Å². The standard InChI is InChI=1S/C16H13ClO4S/c1-21-15-10-8-12(11-16(15)22(17,19)20)7-9-14(18)13-5-3-2-4-6-13/h2-11H,1H3/b9-7+. The van der Waals surface area contributed by atoms with E-state index in [1.807, 2.05) is 6.07 Å². The zero-order valence-electron chi connectivity index (χ0n) is 11.7. The molecule has 2 aromatic rings. The second kappa shape index (κ2) is 6.77. The Balaban J connectivity index is 2.31. The van der Waals surface area contributed by atoms with Gasteiger partial charge in [-0.15, -0.1) is 0 Å². The van der Waals surface area contributed by atoms with Crippen molar-refractivity contribution in [2.45, 2.75) is 4.90 Å². The predicted molar refractivity (Wildman–Crippen MR) is 85.8 cm³/mol. The maximum absolute atomic E-state index is 12.0. The molecule has 0 heterocycles. The summed E-state index contributed by atoms with van der Waals surface area (Å²) in [7, 11) is 2.80.